The maximum Gasteiger partial charge on any atom is 0.120 e. The molecule has 0 aliphatic carbocycles. The van der Waals surface area contributed by atoms with Crippen LogP contribution in [0.1, 0.15) is 37.4 Å². The summed E-state index contributed by atoms with van der Waals surface area (Å²) in [5.41, 5.74) is 2.31. The lowest BCUT2D eigenvalue weighted by atomic mass is 9.89. The number of rotatable bonds is 4. The Balaban J connectivity index is 0.00000200. The van der Waals surface area contributed by atoms with Gasteiger partial charge < -0.3 is 10.4 Å². The largest absolute Gasteiger partial charge is 0.508 e. The van der Waals surface area contributed by atoms with E-state index in [2.05, 4.69) is 37.1 Å². The van der Waals surface area contributed by atoms with Crippen LogP contribution in [-0.4, -0.2) is 36.2 Å². The minimum absolute atomic E-state index is 0. The molecule has 1 fully saturated rings. The number of benzene rings is 1. The maximum atomic E-state index is 10.2. The first-order valence-corrected chi connectivity index (χ1v) is 7.37. The zero-order valence-electron chi connectivity index (χ0n) is 13.1. The highest BCUT2D eigenvalue weighted by Crippen LogP contribution is 2.36. The summed E-state index contributed by atoms with van der Waals surface area (Å²) >= 11 is 0. The number of hydrogen-bond acceptors (Lipinski definition) is 3. The molecule has 1 aliphatic heterocycles. The molecule has 0 radical (unpaired) electrons. The molecule has 2 N–H and O–H groups in total. The molecule has 3 nitrogen and oxygen atoms in total. The summed E-state index contributed by atoms with van der Waals surface area (Å²) in [6, 6.07) is 6.28. The molecule has 0 spiro atoms. The molecule has 0 amide bonds. The summed E-state index contributed by atoms with van der Waals surface area (Å²) in [4.78, 5) is 2.51. The Kier molecular flexibility index (Phi) is 9.30. The zero-order chi connectivity index (χ0) is 13.8. The van der Waals surface area contributed by atoms with E-state index in [1.807, 2.05) is 12.1 Å². The smallest absolute Gasteiger partial charge is 0.120 e. The average Bonchev–Trinajstić information content (AvgIpc) is 2.44. The standard InChI is InChI=1S/C16H26N2O.2ClH/c1-4-13(3)16(18-9-7-17-8-10-18)14-11-12(2)5-6-15(14)19;;/h5-6,11,13,16-17,19H,4,7-10H2,1-3H3;2*1H/t13?,16-;;/m1../s1. The SMILES string of the molecule is CCC(C)[C@H](c1cc(C)ccc1O)N1CCNCC1.Cl.Cl. The topological polar surface area (TPSA) is 35.5 Å². The van der Waals surface area contributed by atoms with Gasteiger partial charge in [-0.3, -0.25) is 4.90 Å². The van der Waals surface area contributed by atoms with Crippen LogP contribution in [0.25, 0.3) is 0 Å². The van der Waals surface area contributed by atoms with Gasteiger partial charge in [0.1, 0.15) is 5.75 Å². The van der Waals surface area contributed by atoms with Crippen molar-refractivity contribution in [2.75, 3.05) is 26.2 Å². The molecule has 1 aliphatic rings. The van der Waals surface area contributed by atoms with Crippen molar-refractivity contribution in [2.45, 2.75) is 33.2 Å². The van der Waals surface area contributed by atoms with Crippen LogP contribution in [0.5, 0.6) is 5.75 Å². The first kappa shape index (κ1) is 20.5. The quantitative estimate of drug-likeness (QED) is 0.883. The van der Waals surface area contributed by atoms with Crippen molar-refractivity contribution < 1.29 is 5.11 Å². The predicted molar refractivity (Wildman–Crippen MR) is 94.0 cm³/mol. The molecule has 5 heteroatoms. The van der Waals surface area contributed by atoms with Crippen LogP contribution >= 0.6 is 24.8 Å². The van der Waals surface area contributed by atoms with Crippen LogP contribution < -0.4 is 5.32 Å². The van der Waals surface area contributed by atoms with Crippen molar-refractivity contribution in [1.29, 1.82) is 0 Å². The van der Waals surface area contributed by atoms with Crippen LogP contribution in [-0.2, 0) is 0 Å². The van der Waals surface area contributed by atoms with E-state index >= 15 is 0 Å². The van der Waals surface area contributed by atoms with E-state index in [1.165, 1.54) is 5.56 Å². The lowest BCUT2D eigenvalue weighted by Crippen LogP contribution is -2.46. The Hall–Kier alpha value is -0.480. The summed E-state index contributed by atoms with van der Waals surface area (Å²) in [7, 11) is 0. The number of phenols is 1. The Bertz CT molecular complexity index is 423. The van der Waals surface area contributed by atoms with Gasteiger partial charge in [-0.2, -0.15) is 0 Å². The fraction of sp³-hybridized carbons (Fsp3) is 0.625. The van der Waals surface area contributed by atoms with Gasteiger partial charge in [0.05, 0.1) is 0 Å². The summed E-state index contributed by atoms with van der Waals surface area (Å²) in [6.45, 7) is 10.8. The first-order valence-electron chi connectivity index (χ1n) is 7.37. The van der Waals surface area contributed by atoms with E-state index in [0.29, 0.717) is 17.7 Å². The van der Waals surface area contributed by atoms with Gasteiger partial charge in [0.15, 0.2) is 0 Å². The molecular weight excluding hydrogens is 307 g/mol. The number of phenolic OH excluding ortho intramolecular Hbond substituents is 1. The van der Waals surface area contributed by atoms with E-state index in [0.717, 1.165) is 38.2 Å². The fourth-order valence-electron chi connectivity index (χ4n) is 2.96. The highest BCUT2D eigenvalue weighted by atomic mass is 35.5. The summed E-state index contributed by atoms with van der Waals surface area (Å²) in [5, 5.41) is 13.6. The fourth-order valence-corrected chi connectivity index (χ4v) is 2.96. The molecule has 0 saturated carbocycles. The van der Waals surface area contributed by atoms with Gasteiger partial charge in [-0.1, -0.05) is 38.0 Å². The number of halogens is 2. The maximum absolute atomic E-state index is 10.2. The Morgan fingerprint density at radius 3 is 2.43 bits per heavy atom. The second-order valence-electron chi connectivity index (χ2n) is 5.68. The van der Waals surface area contributed by atoms with Crippen LogP contribution in [0.2, 0.25) is 0 Å². The molecule has 2 atom stereocenters. The molecule has 1 saturated heterocycles. The van der Waals surface area contributed by atoms with Gasteiger partial charge in [0.2, 0.25) is 0 Å². The lowest BCUT2D eigenvalue weighted by Gasteiger charge is -2.38. The van der Waals surface area contributed by atoms with Gasteiger partial charge in [-0.25, -0.2) is 0 Å². The van der Waals surface area contributed by atoms with Crippen molar-refractivity contribution in [2.24, 2.45) is 5.92 Å². The van der Waals surface area contributed by atoms with Gasteiger partial charge >= 0.3 is 0 Å². The number of aryl methyl sites for hydroxylation is 1. The Morgan fingerprint density at radius 2 is 1.86 bits per heavy atom. The van der Waals surface area contributed by atoms with Crippen LogP contribution in [0.4, 0.5) is 0 Å². The first-order chi connectivity index (χ1) is 9.13. The molecule has 1 heterocycles. The minimum Gasteiger partial charge on any atom is -0.508 e. The van der Waals surface area contributed by atoms with Crippen molar-refractivity contribution in [1.82, 2.24) is 10.2 Å². The van der Waals surface area contributed by atoms with Crippen molar-refractivity contribution in [3.63, 3.8) is 0 Å². The molecule has 0 aromatic heterocycles. The number of hydrogen-bond donors (Lipinski definition) is 2. The number of nitrogens with zero attached hydrogens (tertiary/aromatic N) is 1. The highest BCUT2D eigenvalue weighted by Gasteiger charge is 2.28. The molecule has 21 heavy (non-hydrogen) atoms. The van der Waals surface area contributed by atoms with E-state index in [9.17, 15) is 5.11 Å². The Morgan fingerprint density at radius 1 is 1.24 bits per heavy atom. The van der Waals surface area contributed by atoms with E-state index in [1.54, 1.807) is 0 Å². The second kappa shape index (κ2) is 9.52. The van der Waals surface area contributed by atoms with Crippen LogP contribution in [0, 0.1) is 12.8 Å². The number of aromatic hydroxyl groups is 1. The molecule has 2 rings (SSSR count). The van der Waals surface area contributed by atoms with E-state index < -0.39 is 0 Å². The van der Waals surface area contributed by atoms with Crippen molar-refractivity contribution in [3.05, 3.63) is 29.3 Å². The summed E-state index contributed by atoms with van der Waals surface area (Å²) < 4.78 is 0. The summed E-state index contributed by atoms with van der Waals surface area (Å²) in [6.07, 6.45) is 1.13. The van der Waals surface area contributed by atoms with Gasteiger partial charge in [0.25, 0.3) is 0 Å². The third-order valence-corrected chi connectivity index (χ3v) is 4.23. The molecule has 0 bridgehead atoms. The third kappa shape index (κ3) is 5.03. The number of piperazine rings is 1. The zero-order valence-corrected chi connectivity index (χ0v) is 14.8. The van der Waals surface area contributed by atoms with Crippen molar-refractivity contribution >= 4 is 24.8 Å². The second-order valence-corrected chi connectivity index (χ2v) is 5.68. The predicted octanol–water partition coefficient (Wildman–Crippen LogP) is 3.54. The van der Waals surface area contributed by atoms with Crippen LogP contribution in [0.15, 0.2) is 18.2 Å². The van der Waals surface area contributed by atoms with Gasteiger partial charge in [-0.15, -0.1) is 24.8 Å². The van der Waals surface area contributed by atoms with E-state index in [-0.39, 0.29) is 24.8 Å². The lowest BCUT2D eigenvalue weighted by molar-refractivity contribution is 0.126. The highest BCUT2D eigenvalue weighted by molar-refractivity contribution is 5.85. The Labute approximate surface area is 140 Å². The normalized spacial score (nSPS) is 18.2. The molecule has 122 valence electrons. The number of nitrogens with one attached hydrogen (secondary N) is 1. The van der Waals surface area contributed by atoms with E-state index in [4.69, 9.17) is 0 Å². The van der Waals surface area contributed by atoms with Gasteiger partial charge in [0, 0.05) is 37.8 Å². The monoisotopic (exact) mass is 334 g/mol. The average molecular weight is 335 g/mol. The minimum atomic E-state index is 0. The van der Waals surface area contributed by atoms with Crippen LogP contribution in [0.3, 0.4) is 0 Å². The van der Waals surface area contributed by atoms with Gasteiger partial charge in [-0.05, 0) is 18.9 Å². The summed E-state index contributed by atoms with van der Waals surface area (Å²) in [5.74, 6) is 0.986. The molecule has 1 aromatic rings. The molecule has 1 unspecified atom stereocenters. The van der Waals surface area contributed by atoms with Crippen molar-refractivity contribution in [3.8, 4) is 5.75 Å². The molecular formula is C16H28Cl2N2O. The molecule has 1 aromatic carbocycles. The third-order valence-electron chi connectivity index (χ3n) is 4.23.